The van der Waals surface area contributed by atoms with E-state index in [2.05, 4.69) is 44.7 Å². The maximum atomic E-state index is 13.4. The number of aryl methyl sites for hydroxylation is 1. The molecule has 1 aromatic carbocycles. The van der Waals surface area contributed by atoms with Gasteiger partial charge in [0.25, 0.3) is 0 Å². The predicted molar refractivity (Wildman–Crippen MR) is 130 cm³/mol. The monoisotopic (exact) mass is 549 g/mol. The van der Waals surface area contributed by atoms with Crippen LogP contribution in [0.1, 0.15) is 43.0 Å². The van der Waals surface area contributed by atoms with Crippen LogP contribution in [-0.2, 0) is 19.5 Å². The minimum atomic E-state index is -0.796. The van der Waals surface area contributed by atoms with E-state index < -0.39 is 11.6 Å². The van der Waals surface area contributed by atoms with Crippen LogP contribution in [0.4, 0.5) is 8.78 Å². The van der Waals surface area contributed by atoms with Gasteiger partial charge in [0.1, 0.15) is 0 Å². The lowest BCUT2D eigenvalue weighted by Crippen LogP contribution is -2.48. The Morgan fingerprint density at radius 3 is 2.63 bits per heavy atom. The van der Waals surface area contributed by atoms with Crippen molar-refractivity contribution in [2.45, 2.75) is 52.2 Å². The van der Waals surface area contributed by atoms with Crippen molar-refractivity contribution < 1.29 is 8.78 Å². The van der Waals surface area contributed by atoms with Crippen molar-refractivity contribution in [2.75, 3.05) is 19.6 Å². The number of nitrogens with one attached hydrogen (secondary N) is 2. The fourth-order valence-electron chi connectivity index (χ4n) is 3.39. The van der Waals surface area contributed by atoms with Crippen molar-refractivity contribution >= 4 is 41.3 Å². The Hall–Kier alpha value is -1.33. The van der Waals surface area contributed by atoms with Gasteiger partial charge >= 0.3 is 0 Å². The molecule has 0 aliphatic carbocycles. The first-order valence-corrected chi connectivity index (χ1v) is 11.1. The van der Waals surface area contributed by atoms with Gasteiger partial charge in [0, 0.05) is 37.6 Å². The van der Waals surface area contributed by atoms with Gasteiger partial charge in [-0.2, -0.15) is 0 Å². The fraction of sp³-hybridized carbons (Fsp3) is 0.524. The van der Waals surface area contributed by atoms with Gasteiger partial charge in [0.05, 0.1) is 17.2 Å². The molecule has 5 nitrogen and oxygen atoms in total. The van der Waals surface area contributed by atoms with E-state index >= 15 is 0 Å². The van der Waals surface area contributed by atoms with Crippen molar-refractivity contribution in [3.05, 3.63) is 51.5 Å². The minimum Gasteiger partial charge on any atom is -0.357 e. The number of aliphatic imine (C=N–C) groups is 1. The molecular formula is C21H30F2IN5S. The molecule has 9 heteroatoms. The smallest absolute Gasteiger partial charge is 0.191 e. The highest BCUT2D eigenvalue weighted by Crippen LogP contribution is 2.16. The summed E-state index contributed by atoms with van der Waals surface area (Å²) in [5.41, 5.74) is 1.81. The van der Waals surface area contributed by atoms with Gasteiger partial charge in [-0.25, -0.2) is 18.8 Å². The standard InChI is InChI=1S/C21H29F2N5S.HI/c1-3-20-26-17(14-29-20)12-25-21(24-4-2)27-16-7-9-28(10-8-16)13-15-5-6-18(22)19(23)11-15;/h5-6,11,14,16H,3-4,7-10,12-13H2,1-2H3,(H2,24,25,27);1H. The molecule has 3 rings (SSSR count). The number of rotatable bonds is 7. The Balaban J connectivity index is 0.00000320. The second kappa shape index (κ2) is 12.5. The molecule has 1 aliphatic rings. The van der Waals surface area contributed by atoms with Crippen LogP contribution >= 0.6 is 35.3 Å². The van der Waals surface area contributed by atoms with Gasteiger partial charge in [-0.05, 0) is 43.9 Å². The number of halogens is 3. The number of nitrogens with zero attached hydrogens (tertiary/aromatic N) is 3. The highest BCUT2D eigenvalue weighted by atomic mass is 127. The number of hydrogen-bond donors (Lipinski definition) is 2. The van der Waals surface area contributed by atoms with Crippen LogP contribution in [0, 0.1) is 11.6 Å². The van der Waals surface area contributed by atoms with Crippen LogP contribution in [0.25, 0.3) is 0 Å². The molecular weight excluding hydrogens is 519 g/mol. The summed E-state index contributed by atoms with van der Waals surface area (Å²) in [4.78, 5) is 11.5. The number of likely N-dealkylation sites (tertiary alicyclic amines) is 1. The zero-order chi connectivity index (χ0) is 20.6. The second-order valence-corrected chi connectivity index (χ2v) is 8.17. The van der Waals surface area contributed by atoms with Crippen LogP contribution in [0.15, 0.2) is 28.6 Å². The van der Waals surface area contributed by atoms with Gasteiger partial charge in [0.15, 0.2) is 17.6 Å². The third kappa shape index (κ3) is 7.42. The maximum absolute atomic E-state index is 13.4. The van der Waals surface area contributed by atoms with Crippen molar-refractivity contribution in [3.63, 3.8) is 0 Å². The molecule has 0 unspecified atom stereocenters. The molecule has 0 radical (unpaired) electrons. The van der Waals surface area contributed by atoms with Crippen molar-refractivity contribution in [2.24, 2.45) is 4.99 Å². The number of thiazole rings is 1. The average molecular weight is 549 g/mol. The Morgan fingerprint density at radius 2 is 2.00 bits per heavy atom. The highest BCUT2D eigenvalue weighted by Gasteiger charge is 2.20. The normalized spacial score (nSPS) is 15.7. The van der Waals surface area contributed by atoms with Crippen LogP contribution in [-0.4, -0.2) is 41.5 Å². The lowest BCUT2D eigenvalue weighted by molar-refractivity contribution is 0.198. The Morgan fingerprint density at radius 1 is 1.23 bits per heavy atom. The number of piperidine rings is 1. The first-order valence-electron chi connectivity index (χ1n) is 10.2. The zero-order valence-corrected chi connectivity index (χ0v) is 20.6. The molecule has 1 aromatic heterocycles. The first-order chi connectivity index (χ1) is 14.1. The first kappa shape index (κ1) is 24.9. The average Bonchev–Trinajstić information content (AvgIpc) is 3.19. The molecule has 2 N–H and O–H groups in total. The third-order valence-corrected chi connectivity index (χ3v) is 6.01. The van der Waals surface area contributed by atoms with Gasteiger partial charge in [-0.3, -0.25) is 4.90 Å². The summed E-state index contributed by atoms with van der Waals surface area (Å²) in [6.07, 6.45) is 2.91. The number of benzene rings is 1. The molecule has 0 atom stereocenters. The summed E-state index contributed by atoms with van der Waals surface area (Å²) in [6.45, 7) is 7.99. The predicted octanol–water partition coefficient (Wildman–Crippen LogP) is 4.32. The zero-order valence-electron chi connectivity index (χ0n) is 17.5. The van der Waals surface area contributed by atoms with E-state index in [1.165, 1.54) is 12.1 Å². The number of hydrogen-bond acceptors (Lipinski definition) is 4. The molecule has 1 aliphatic heterocycles. The fourth-order valence-corrected chi connectivity index (χ4v) is 4.12. The van der Waals surface area contributed by atoms with Crippen LogP contribution in [0.5, 0.6) is 0 Å². The summed E-state index contributed by atoms with van der Waals surface area (Å²) in [6, 6.07) is 4.49. The van der Waals surface area contributed by atoms with E-state index in [9.17, 15) is 8.78 Å². The molecule has 0 spiro atoms. The summed E-state index contributed by atoms with van der Waals surface area (Å²) in [5.74, 6) is -0.759. The molecule has 1 fully saturated rings. The quantitative estimate of drug-likeness (QED) is 0.307. The Labute approximate surface area is 198 Å². The lowest BCUT2D eigenvalue weighted by Gasteiger charge is -2.33. The van der Waals surface area contributed by atoms with Crippen LogP contribution < -0.4 is 10.6 Å². The van der Waals surface area contributed by atoms with E-state index in [0.717, 1.165) is 61.1 Å². The largest absolute Gasteiger partial charge is 0.357 e. The summed E-state index contributed by atoms with van der Waals surface area (Å²) < 4.78 is 26.5. The molecule has 2 heterocycles. The number of guanidine groups is 1. The topological polar surface area (TPSA) is 52.6 Å². The van der Waals surface area contributed by atoms with Crippen molar-refractivity contribution in [1.29, 1.82) is 0 Å². The lowest BCUT2D eigenvalue weighted by atomic mass is 10.0. The molecule has 166 valence electrons. The van der Waals surface area contributed by atoms with Crippen LogP contribution in [0.3, 0.4) is 0 Å². The van der Waals surface area contributed by atoms with Crippen molar-refractivity contribution in [3.8, 4) is 0 Å². The van der Waals surface area contributed by atoms with Gasteiger partial charge in [-0.15, -0.1) is 35.3 Å². The van der Waals surface area contributed by atoms with Gasteiger partial charge in [-0.1, -0.05) is 13.0 Å². The Kier molecular flexibility index (Phi) is 10.4. The molecule has 0 bridgehead atoms. The Bertz CT molecular complexity index is 821. The van der Waals surface area contributed by atoms with E-state index in [-0.39, 0.29) is 24.0 Å². The van der Waals surface area contributed by atoms with Gasteiger partial charge in [0.2, 0.25) is 0 Å². The summed E-state index contributed by atoms with van der Waals surface area (Å²) in [7, 11) is 0. The molecule has 0 amide bonds. The van der Waals surface area contributed by atoms with E-state index in [4.69, 9.17) is 0 Å². The maximum Gasteiger partial charge on any atom is 0.191 e. The molecule has 1 saturated heterocycles. The van der Waals surface area contributed by atoms with E-state index in [0.29, 0.717) is 19.1 Å². The minimum absolute atomic E-state index is 0. The molecule has 2 aromatic rings. The summed E-state index contributed by atoms with van der Waals surface area (Å²) in [5, 5.41) is 10.0. The van der Waals surface area contributed by atoms with E-state index in [1.54, 1.807) is 17.4 Å². The van der Waals surface area contributed by atoms with Crippen molar-refractivity contribution in [1.82, 2.24) is 20.5 Å². The van der Waals surface area contributed by atoms with Gasteiger partial charge < -0.3 is 10.6 Å². The molecule has 30 heavy (non-hydrogen) atoms. The third-order valence-electron chi connectivity index (χ3n) is 4.96. The highest BCUT2D eigenvalue weighted by molar-refractivity contribution is 14.0. The summed E-state index contributed by atoms with van der Waals surface area (Å²) >= 11 is 1.68. The van der Waals surface area contributed by atoms with Crippen LogP contribution in [0.2, 0.25) is 0 Å². The second-order valence-electron chi connectivity index (χ2n) is 7.22. The number of aromatic nitrogens is 1. The van der Waals surface area contributed by atoms with E-state index in [1.807, 2.05) is 0 Å². The SMILES string of the molecule is CCNC(=NCc1csc(CC)n1)NC1CCN(Cc2ccc(F)c(F)c2)CC1.I. The molecule has 0 saturated carbocycles.